The fourth-order valence-electron chi connectivity index (χ4n) is 3.75. The zero-order valence-electron chi connectivity index (χ0n) is 19.3. The minimum atomic E-state index is -1.00. The third-order valence-electron chi connectivity index (χ3n) is 5.63. The van der Waals surface area contributed by atoms with Crippen LogP contribution >= 0.6 is 27.5 Å². The smallest absolute Gasteiger partial charge is 0.335 e. The number of carbonyl (C=O) groups is 1. The number of aromatic nitrogens is 4. The van der Waals surface area contributed by atoms with E-state index in [2.05, 4.69) is 47.9 Å². The standard InChI is InChI=1S/C26H16BrClFN7O2/c27-21-8-17(31-12-18-13-36(35-34-18)19-4-1-14(2-5-19)26(37)38)7-20-24(15(10-30)11-32-25(20)21)33-16-3-6-23(29)22(28)9-16/h1-9,11,13,31H,12H2,(H,32,33)(H,37,38). The van der Waals surface area contributed by atoms with E-state index in [0.29, 0.717) is 50.2 Å². The molecule has 3 aromatic carbocycles. The lowest BCUT2D eigenvalue weighted by Gasteiger charge is -2.14. The number of aromatic carboxylic acids is 1. The van der Waals surface area contributed by atoms with Crippen molar-refractivity contribution in [2.75, 3.05) is 10.6 Å². The van der Waals surface area contributed by atoms with Crippen molar-refractivity contribution in [1.29, 1.82) is 5.26 Å². The van der Waals surface area contributed by atoms with E-state index in [-0.39, 0.29) is 10.6 Å². The Morgan fingerprint density at radius 3 is 2.66 bits per heavy atom. The molecule has 0 aliphatic heterocycles. The molecular weight excluding hydrogens is 577 g/mol. The molecule has 3 N–H and O–H groups in total. The van der Waals surface area contributed by atoms with Crippen molar-refractivity contribution in [3.63, 3.8) is 0 Å². The molecule has 0 fully saturated rings. The molecule has 38 heavy (non-hydrogen) atoms. The number of halogens is 3. The summed E-state index contributed by atoms with van der Waals surface area (Å²) in [4.78, 5) is 15.5. The molecule has 0 amide bonds. The molecule has 0 saturated heterocycles. The van der Waals surface area contributed by atoms with Gasteiger partial charge in [-0.25, -0.2) is 13.9 Å². The van der Waals surface area contributed by atoms with Crippen LogP contribution < -0.4 is 10.6 Å². The molecule has 0 aliphatic rings. The molecular formula is C26H16BrClFN7O2. The average Bonchev–Trinajstić information content (AvgIpc) is 3.39. The van der Waals surface area contributed by atoms with Crippen molar-refractivity contribution in [2.24, 2.45) is 0 Å². The van der Waals surface area contributed by atoms with Gasteiger partial charge in [0.2, 0.25) is 0 Å². The van der Waals surface area contributed by atoms with Crippen molar-refractivity contribution < 1.29 is 14.3 Å². The van der Waals surface area contributed by atoms with Crippen LogP contribution in [0.2, 0.25) is 5.02 Å². The summed E-state index contributed by atoms with van der Waals surface area (Å²) in [7, 11) is 0. The Morgan fingerprint density at radius 2 is 1.95 bits per heavy atom. The predicted octanol–water partition coefficient (Wildman–Crippen LogP) is 6.30. The number of hydrogen-bond acceptors (Lipinski definition) is 7. The highest BCUT2D eigenvalue weighted by molar-refractivity contribution is 9.10. The number of hydrogen-bond donors (Lipinski definition) is 3. The maximum atomic E-state index is 13.6. The van der Waals surface area contributed by atoms with E-state index >= 15 is 0 Å². The lowest BCUT2D eigenvalue weighted by atomic mass is 10.1. The third kappa shape index (κ3) is 5.13. The molecule has 188 valence electrons. The molecule has 0 bridgehead atoms. The first-order valence-electron chi connectivity index (χ1n) is 11.1. The SMILES string of the molecule is N#Cc1cnc2c(Br)cc(NCc3cn(-c4ccc(C(=O)O)cc4)nn3)cc2c1Nc1ccc(F)c(Cl)c1. The second kappa shape index (κ2) is 10.5. The van der Waals surface area contributed by atoms with E-state index in [1.165, 1.54) is 36.5 Å². The summed E-state index contributed by atoms with van der Waals surface area (Å²) >= 11 is 9.49. The summed E-state index contributed by atoms with van der Waals surface area (Å²) in [5.74, 6) is -1.54. The summed E-state index contributed by atoms with van der Waals surface area (Å²) in [5, 5.41) is 34.1. The maximum absolute atomic E-state index is 13.6. The average molecular weight is 593 g/mol. The number of pyridine rings is 1. The second-order valence-corrected chi connectivity index (χ2v) is 9.39. The fourth-order valence-corrected chi connectivity index (χ4v) is 4.50. The van der Waals surface area contributed by atoms with Crippen LogP contribution in [0.15, 0.2) is 71.5 Å². The van der Waals surface area contributed by atoms with Crippen LogP contribution in [0.3, 0.4) is 0 Å². The quantitative estimate of drug-likeness (QED) is 0.201. The number of carboxylic acids is 1. The molecule has 9 nitrogen and oxygen atoms in total. The first-order valence-corrected chi connectivity index (χ1v) is 12.2. The number of fused-ring (bicyclic) bond motifs is 1. The van der Waals surface area contributed by atoms with Crippen molar-refractivity contribution in [1.82, 2.24) is 20.0 Å². The Balaban J connectivity index is 1.41. The Morgan fingerprint density at radius 1 is 1.16 bits per heavy atom. The Kier molecular flexibility index (Phi) is 6.91. The molecule has 5 rings (SSSR count). The van der Waals surface area contributed by atoms with Crippen LogP contribution in [-0.2, 0) is 6.54 Å². The molecule has 0 aliphatic carbocycles. The Labute approximate surface area is 228 Å². The molecule has 2 heterocycles. The van der Waals surface area contributed by atoms with Crippen molar-refractivity contribution in [3.8, 4) is 11.8 Å². The molecule has 0 atom stereocenters. The molecule has 2 aromatic heterocycles. The summed E-state index contributed by atoms with van der Waals surface area (Å²) in [6, 6.07) is 16.4. The zero-order valence-corrected chi connectivity index (χ0v) is 21.6. The van der Waals surface area contributed by atoms with Gasteiger partial charge in [0.05, 0.1) is 45.8 Å². The summed E-state index contributed by atoms with van der Waals surface area (Å²) in [5.41, 5.74) is 4.17. The minimum absolute atomic E-state index is 0.0405. The van der Waals surface area contributed by atoms with Crippen LogP contribution in [0, 0.1) is 17.1 Å². The Hall–Kier alpha value is -4.53. The van der Waals surface area contributed by atoms with Gasteiger partial charge in [0.1, 0.15) is 17.6 Å². The largest absolute Gasteiger partial charge is 0.478 e. The monoisotopic (exact) mass is 591 g/mol. The van der Waals surface area contributed by atoms with E-state index in [4.69, 9.17) is 16.7 Å². The van der Waals surface area contributed by atoms with Crippen LogP contribution in [0.1, 0.15) is 21.6 Å². The van der Waals surface area contributed by atoms with Crippen LogP contribution in [-0.4, -0.2) is 31.1 Å². The fraction of sp³-hybridized carbons (Fsp3) is 0.0385. The number of anilines is 3. The third-order valence-corrected chi connectivity index (χ3v) is 6.52. The number of rotatable bonds is 7. The van der Waals surface area contributed by atoms with Gasteiger partial charge >= 0.3 is 5.97 Å². The van der Waals surface area contributed by atoms with Gasteiger partial charge in [-0.1, -0.05) is 16.8 Å². The van der Waals surface area contributed by atoms with Gasteiger partial charge in [0.15, 0.2) is 0 Å². The Bertz CT molecular complexity index is 1730. The molecule has 0 radical (unpaired) electrons. The summed E-state index contributed by atoms with van der Waals surface area (Å²) in [6.07, 6.45) is 3.20. The van der Waals surface area contributed by atoms with E-state index in [0.717, 1.165) is 5.69 Å². The highest BCUT2D eigenvalue weighted by Gasteiger charge is 2.14. The van der Waals surface area contributed by atoms with Gasteiger partial charge in [-0.05, 0) is 70.5 Å². The number of nitrogens with zero attached hydrogens (tertiary/aromatic N) is 5. The van der Waals surface area contributed by atoms with E-state index < -0.39 is 11.8 Å². The van der Waals surface area contributed by atoms with Crippen LogP contribution in [0.25, 0.3) is 16.6 Å². The van der Waals surface area contributed by atoms with Crippen molar-refractivity contribution >= 4 is 61.5 Å². The molecule has 0 spiro atoms. The van der Waals surface area contributed by atoms with Gasteiger partial charge in [-0.2, -0.15) is 5.26 Å². The predicted molar refractivity (Wildman–Crippen MR) is 144 cm³/mol. The number of nitrogens with one attached hydrogen (secondary N) is 2. The van der Waals surface area contributed by atoms with Gasteiger partial charge in [0, 0.05) is 27.4 Å². The lowest BCUT2D eigenvalue weighted by molar-refractivity contribution is 0.0697. The second-order valence-electron chi connectivity index (χ2n) is 8.13. The van der Waals surface area contributed by atoms with Gasteiger partial charge < -0.3 is 15.7 Å². The highest BCUT2D eigenvalue weighted by atomic mass is 79.9. The van der Waals surface area contributed by atoms with E-state index in [9.17, 15) is 14.4 Å². The van der Waals surface area contributed by atoms with Crippen molar-refractivity contribution in [3.05, 3.63) is 99.1 Å². The topological polar surface area (TPSA) is 129 Å². The van der Waals surface area contributed by atoms with E-state index in [1.54, 1.807) is 23.0 Å². The normalized spacial score (nSPS) is 10.8. The molecule has 5 aromatic rings. The highest BCUT2D eigenvalue weighted by Crippen LogP contribution is 2.35. The van der Waals surface area contributed by atoms with Crippen LogP contribution in [0.4, 0.5) is 21.5 Å². The molecule has 0 unspecified atom stereocenters. The molecule has 0 saturated carbocycles. The number of carboxylic acid groups (broad SMARTS) is 1. The van der Waals surface area contributed by atoms with Gasteiger partial charge in [-0.15, -0.1) is 5.10 Å². The van der Waals surface area contributed by atoms with Crippen LogP contribution in [0.5, 0.6) is 0 Å². The molecule has 12 heteroatoms. The first kappa shape index (κ1) is 25.1. The lowest BCUT2D eigenvalue weighted by Crippen LogP contribution is -2.02. The minimum Gasteiger partial charge on any atom is -0.478 e. The van der Waals surface area contributed by atoms with Crippen molar-refractivity contribution in [2.45, 2.75) is 6.54 Å². The maximum Gasteiger partial charge on any atom is 0.335 e. The first-order chi connectivity index (χ1) is 18.3. The number of nitriles is 1. The number of benzene rings is 3. The van der Waals surface area contributed by atoms with Gasteiger partial charge in [-0.3, -0.25) is 4.98 Å². The summed E-state index contributed by atoms with van der Waals surface area (Å²) < 4.78 is 15.9. The van der Waals surface area contributed by atoms with E-state index in [1.807, 2.05) is 12.1 Å². The zero-order chi connectivity index (χ0) is 26.8. The van der Waals surface area contributed by atoms with Gasteiger partial charge in [0.25, 0.3) is 0 Å². The summed E-state index contributed by atoms with van der Waals surface area (Å²) in [6.45, 7) is 0.340.